The third-order valence-electron chi connectivity index (χ3n) is 3.16. The van der Waals surface area contributed by atoms with E-state index in [4.69, 9.17) is 4.74 Å². The molecule has 0 saturated carbocycles. The van der Waals surface area contributed by atoms with E-state index in [1.165, 1.54) is 11.1 Å². The van der Waals surface area contributed by atoms with Crippen molar-refractivity contribution in [3.05, 3.63) is 60.7 Å². The summed E-state index contributed by atoms with van der Waals surface area (Å²) in [6.45, 7) is 7.55. The van der Waals surface area contributed by atoms with Crippen molar-refractivity contribution in [2.75, 3.05) is 20.2 Å². The van der Waals surface area contributed by atoms with Gasteiger partial charge in [0.25, 0.3) is 0 Å². The SMILES string of the molecule is C=C(C)c1cc(-c2ccccc2)ccc1OCCNC.Cl. The minimum Gasteiger partial charge on any atom is -0.492 e. The summed E-state index contributed by atoms with van der Waals surface area (Å²) in [5.41, 5.74) is 4.48. The fourth-order valence-corrected chi connectivity index (χ4v) is 2.06. The van der Waals surface area contributed by atoms with Gasteiger partial charge in [-0.25, -0.2) is 0 Å². The van der Waals surface area contributed by atoms with Gasteiger partial charge in [-0.15, -0.1) is 12.4 Å². The van der Waals surface area contributed by atoms with Crippen LogP contribution in [0.1, 0.15) is 12.5 Å². The van der Waals surface area contributed by atoms with Crippen molar-refractivity contribution in [2.45, 2.75) is 6.92 Å². The molecule has 0 radical (unpaired) electrons. The van der Waals surface area contributed by atoms with E-state index in [-0.39, 0.29) is 12.4 Å². The van der Waals surface area contributed by atoms with Gasteiger partial charge in [-0.05, 0) is 42.8 Å². The Bertz CT molecular complexity index is 581. The van der Waals surface area contributed by atoms with Gasteiger partial charge in [-0.3, -0.25) is 0 Å². The number of hydrogen-bond acceptors (Lipinski definition) is 2. The van der Waals surface area contributed by atoms with Crippen LogP contribution in [-0.4, -0.2) is 20.2 Å². The quantitative estimate of drug-likeness (QED) is 0.798. The molecule has 0 aliphatic heterocycles. The largest absolute Gasteiger partial charge is 0.492 e. The van der Waals surface area contributed by atoms with Gasteiger partial charge in [-0.1, -0.05) is 43.0 Å². The second-order valence-corrected chi connectivity index (χ2v) is 4.81. The molecule has 0 saturated heterocycles. The lowest BCUT2D eigenvalue weighted by atomic mass is 9.99. The van der Waals surface area contributed by atoms with Crippen molar-refractivity contribution in [2.24, 2.45) is 0 Å². The van der Waals surface area contributed by atoms with E-state index < -0.39 is 0 Å². The number of nitrogens with one attached hydrogen (secondary N) is 1. The molecule has 0 heterocycles. The Labute approximate surface area is 133 Å². The number of likely N-dealkylation sites (N-methyl/N-ethyl adjacent to an activating group) is 1. The average molecular weight is 304 g/mol. The summed E-state index contributed by atoms with van der Waals surface area (Å²) >= 11 is 0. The van der Waals surface area contributed by atoms with Crippen molar-refractivity contribution in [3.8, 4) is 16.9 Å². The van der Waals surface area contributed by atoms with E-state index in [0.717, 1.165) is 23.4 Å². The van der Waals surface area contributed by atoms with E-state index in [2.05, 4.69) is 36.2 Å². The second-order valence-electron chi connectivity index (χ2n) is 4.81. The van der Waals surface area contributed by atoms with Crippen LogP contribution in [-0.2, 0) is 0 Å². The lowest BCUT2D eigenvalue weighted by molar-refractivity contribution is 0.317. The van der Waals surface area contributed by atoms with Crippen LogP contribution in [0.5, 0.6) is 5.75 Å². The second kappa shape index (κ2) is 8.50. The summed E-state index contributed by atoms with van der Waals surface area (Å²) in [4.78, 5) is 0. The summed E-state index contributed by atoms with van der Waals surface area (Å²) < 4.78 is 5.81. The number of hydrogen-bond donors (Lipinski definition) is 1. The normalized spacial score (nSPS) is 9.81. The Morgan fingerprint density at radius 1 is 1.10 bits per heavy atom. The molecule has 0 aliphatic carbocycles. The lowest BCUT2D eigenvalue weighted by Gasteiger charge is -2.13. The first kappa shape index (κ1) is 17.3. The summed E-state index contributed by atoms with van der Waals surface area (Å²) in [7, 11) is 1.92. The number of rotatable bonds is 6. The van der Waals surface area contributed by atoms with Gasteiger partial charge in [0.15, 0.2) is 0 Å². The maximum absolute atomic E-state index is 5.81. The number of benzene rings is 2. The molecule has 0 aromatic heterocycles. The van der Waals surface area contributed by atoms with Crippen molar-refractivity contribution in [3.63, 3.8) is 0 Å². The molecule has 3 heteroatoms. The molecular formula is C18H22ClNO. The molecule has 0 spiro atoms. The molecule has 2 nitrogen and oxygen atoms in total. The molecule has 0 bridgehead atoms. The zero-order valence-electron chi connectivity index (χ0n) is 12.6. The van der Waals surface area contributed by atoms with Crippen molar-refractivity contribution < 1.29 is 4.74 Å². The molecule has 112 valence electrons. The zero-order chi connectivity index (χ0) is 14.4. The molecule has 0 atom stereocenters. The van der Waals surface area contributed by atoms with Gasteiger partial charge in [-0.2, -0.15) is 0 Å². The molecular weight excluding hydrogens is 282 g/mol. The maximum Gasteiger partial charge on any atom is 0.126 e. The van der Waals surface area contributed by atoms with Crippen LogP contribution in [0, 0.1) is 0 Å². The first-order valence-electron chi connectivity index (χ1n) is 6.85. The molecule has 2 aromatic carbocycles. The lowest BCUT2D eigenvalue weighted by Crippen LogP contribution is -2.16. The minimum atomic E-state index is 0. The summed E-state index contributed by atoms with van der Waals surface area (Å²) in [6.07, 6.45) is 0. The molecule has 0 unspecified atom stereocenters. The zero-order valence-corrected chi connectivity index (χ0v) is 13.4. The molecule has 2 aromatic rings. The van der Waals surface area contributed by atoms with Crippen molar-refractivity contribution in [1.82, 2.24) is 5.32 Å². The molecule has 0 fully saturated rings. The highest BCUT2D eigenvalue weighted by Gasteiger charge is 2.07. The van der Waals surface area contributed by atoms with Gasteiger partial charge < -0.3 is 10.1 Å². The summed E-state index contributed by atoms with van der Waals surface area (Å²) in [6, 6.07) is 16.6. The highest BCUT2D eigenvalue weighted by Crippen LogP contribution is 2.30. The first-order chi connectivity index (χ1) is 9.72. The van der Waals surface area contributed by atoms with E-state index in [9.17, 15) is 0 Å². The van der Waals surface area contributed by atoms with Crippen LogP contribution in [0.2, 0.25) is 0 Å². The Kier molecular flexibility index (Phi) is 7.00. The fourth-order valence-electron chi connectivity index (χ4n) is 2.06. The van der Waals surface area contributed by atoms with Gasteiger partial charge in [0.2, 0.25) is 0 Å². The first-order valence-corrected chi connectivity index (χ1v) is 6.85. The fraction of sp³-hybridized carbons (Fsp3) is 0.222. The molecule has 1 N–H and O–H groups in total. The van der Waals surface area contributed by atoms with E-state index >= 15 is 0 Å². The highest BCUT2D eigenvalue weighted by atomic mass is 35.5. The topological polar surface area (TPSA) is 21.3 Å². The van der Waals surface area contributed by atoms with Gasteiger partial charge >= 0.3 is 0 Å². The van der Waals surface area contributed by atoms with Crippen molar-refractivity contribution >= 4 is 18.0 Å². The average Bonchev–Trinajstić information content (AvgIpc) is 2.48. The predicted molar refractivity (Wildman–Crippen MR) is 93.3 cm³/mol. The van der Waals surface area contributed by atoms with Crippen LogP contribution in [0.4, 0.5) is 0 Å². The van der Waals surface area contributed by atoms with E-state index in [1.807, 2.05) is 38.2 Å². The molecule has 0 amide bonds. The Hall–Kier alpha value is -1.77. The standard InChI is InChI=1S/C18H21NO.ClH/c1-14(2)17-13-16(15-7-5-4-6-8-15)9-10-18(17)20-12-11-19-3;/h4-10,13,19H,1,11-12H2,2-3H3;1H. The number of allylic oxidation sites excluding steroid dienone is 1. The highest BCUT2D eigenvalue weighted by molar-refractivity contribution is 5.85. The smallest absolute Gasteiger partial charge is 0.126 e. The molecule has 2 rings (SSSR count). The van der Waals surface area contributed by atoms with Crippen LogP contribution >= 0.6 is 12.4 Å². The third kappa shape index (κ3) is 4.62. The number of halogens is 1. The Morgan fingerprint density at radius 3 is 2.43 bits per heavy atom. The minimum absolute atomic E-state index is 0. The Morgan fingerprint density at radius 2 is 1.81 bits per heavy atom. The van der Waals surface area contributed by atoms with Gasteiger partial charge in [0.1, 0.15) is 12.4 Å². The van der Waals surface area contributed by atoms with Crippen LogP contribution in [0.3, 0.4) is 0 Å². The Balaban J connectivity index is 0.00000220. The van der Waals surface area contributed by atoms with Crippen LogP contribution in [0.15, 0.2) is 55.1 Å². The number of ether oxygens (including phenoxy) is 1. The predicted octanol–water partition coefficient (Wildman–Crippen LogP) is 4.41. The molecule has 0 aliphatic rings. The van der Waals surface area contributed by atoms with E-state index in [1.54, 1.807) is 0 Å². The summed E-state index contributed by atoms with van der Waals surface area (Å²) in [5.74, 6) is 0.896. The third-order valence-corrected chi connectivity index (χ3v) is 3.16. The van der Waals surface area contributed by atoms with Gasteiger partial charge in [0.05, 0.1) is 0 Å². The maximum atomic E-state index is 5.81. The van der Waals surface area contributed by atoms with Gasteiger partial charge in [0, 0.05) is 12.1 Å². The monoisotopic (exact) mass is 303 g/mol. The van der Waals surface area contributed by atoms with Crippen LogP contribution in [0.25, 0.3) is 16.7 Å². The van der Waals surface area contributed by atoms with Crippen molar-refractivity contribution in [1.29, 1.82) is 0 Å². The van der Waals surface area contributed by atoms with Crippen LogP contribution < -0.4 is 10.1 Å². The van der Waals surface area contributed by atoms with E-state index in [0.29, 0.717) is 6.61 Å². The molecule has 21 heavy (non-hydrogen) atoms. The summed E-state index contributed by atoms with van der Waals surface area (Å²) in [5, 5.41) is 3.08.